The molecule has 0 fully saturated rings. The van der Waals surface area contributed by atoms with Gasteiger partial charge in [-0.15, -0.1) is 0 Å². The van der Waals surface area contributed by atoms with E-state index in [1.807, 2.05) is 54.6 Å². The molecule has 0 heterocycles. The first-order valence-electron chi connectivity index (χ1n) is 7.92. The lowest BCUT2D eigenvalue weighted by Crippen LogP contribution is -2.50. The van der Waals surface area contributed by atoms with Crippen LogP contribution in [0.3, 0.4) is 0 Å². The number of carbonyl (C=O) groups excluding carboxylic acids is 2. The number of esters is 2. The van der Waals surface area contributed by atoms with E-state index in [0.717, 1.165) is 16.7 Å². The molecule has 124 valence electrons. The Kier molecular flexibility index (Phi) is 4.38. The largest absolute Gasteiger partial charge is 0.468 e. The second-order valence-corrected chi connectivity index (χ2v) is 6.07. The highest BCUT2D eigenvalue weighted by Gasteiger charge is 2.57. The third-order valence-electron chi connectivity index (χ3n) is 4.91. The van der Waals surface area contributed by atoms with Crippen molar-refractivity contribution in [2.75, 3.05) is 14.2 Å². The molecule has 2 aromatic carbocycles. The van der Waals surface area contributed by atoms with Crippen LogP contribution < -0.4 is 0 Å². The zero-order chi connectivity index (χ0) is 17.2. The quantitative estimate of drug-likeness (QED) is 0.643. The predicted molar refractivity (Wildman–Crippen MR) is 89.5 cm³/mol. The highest BCUT2D eigenvalue weighted by atomic mass is 16.5. The summed E-state index contributed by atoms with van der Waals surface area (Å²) in [6.07, 6.45) is 0.868. The molecule has 0 N–H and O–H groups in total. The van der Waals surface area contributed by atoms with Crippen LogP contribution in [0.4, 0.5) is 0 Å². The van der Waals surface area contributed by atoms with Gasteiger partial charge < -0.3 is 9.47 Å². The highest BCUT2D eigenvalue weighted by molar-refractivity contribution is 6.02. The molecule has 3 rings (SSSR count). The van der Waals surface area contributed by atoms with Gasteiger partial charge in [-0.05, 0) is 23.1 Å². The summed E-state index contributed by atoms with van der Waals surface area (Å²) in [6, 6.07) is 17.5. The van der Waals surface area contributed by atoms with E-state index in [2.05, 4.69) is 0 Å². The third kappa shape index (κ3) is 2.48. The normalized spacial score (nSPS) is 18.3. The van der Waals surface area contributed by atoms with Gasteiger partial charge >= 0.3 is 11.9 Å². The maximum Gasteiger partial charge on any atom is 0.324 e. The molecule has 0 bridgehead atoms. The highest BCUT2D eigenvalue weighted by Crippen LogP contribution is 2.47. The van der Waals surface area contributed by atoms with E-state index in [1.165, 1.54) is 14.2 Å². The van der Waals surface area contributed by atoms with Gasteiger partial charge in [-0.3, -0.25) is 9.59 Å². The molecule has 0 amide bonds. The van der Waals surface area contributed by atoms with Crippen molar-refractivity contribution in [2.45, 2.75) is 18.8 Å². The summed E-state index contributed by atoms with van der Waals surface area (Å²) < 4.78 is 10.1. The van der Waals surface area contributed by atoms with Crippen molar-refractivity contribution in [2.24, 2.45) is 5.41 Å². The molecule has 1 unspecified atom stereocenters. The number of fused-ring (bicyclic) bond motifs is 1. The fourth-order valence-electron chi connectivity index (χ4n) is 3.71. The molecular formula is C20H20O4. The summed E-state index contributed by atoms with van der Waals surface area (Å²) in [5.74, 6) is -1.41. The number of ether oxygens (including phenoxy) is 2. The van der Waals surface area contributed by atoms with Crippen molar-refractivity contribution >= 4 is 11.9 Å². The Morgan fingerprint density at radius 1 is 0.875 bits per heavy atom. The van der Waals surface area contributed by atoms with Gasteiger partial charge in [0.15, 0.2) is 5.41 Å². The van der Waals surface area contributed by atoms with Gasteiger partial charge in [-0.2, -0.15) is 0 Å². The zero-order valence-electron chi connectivity index (χ0n) is 13.8. The Morgan fingerprint density at radius 2 is 1.42 bits per heavy atom. The molecule has 0 aromatic heterocycles. The van der Waals surface area contributed by atoms with Crippen molar-refractivity contribution in [3.8, 4) is 0 Å². The minimum atomic E-state index is -1.36. The lowest BCUT2D eigenvalue weighted by atomic mass is 9.62. The minimum Gasteiger partial charge on any atom is -0.468 e. The summed E-state index contributed by atoms with van der Waals surface area (Å²) in [5, 5.41) is 0. The van der Waals surface area contributed by atoms with Gasteiger partial charge in [0.1, 0.15) is 0 Å². The van der Waals surface area contributed by atoms with Gasteiger partial charge in [0.05, 0.1) is 14.2 Å². The Morgan fingerprint density at radius 3 is 2.00 bits per heavy atom. The molecule has 4 heteroatoms. The van der Waals surface area contributed by atoms with Crippen molar-refractivity contribution in [1.82, 2.24) is 0 Å². The average molecular weight is 324 g/mol. The maximum absolute atomic E-state index is 12.8. The van der Waals surface area contributed by atoms with Gasteiger partial charge in [0.2, 0.25) is 0 Å². The molecule has 24 heavy (non-hydrogen) atoms. The average Bonchev–Trinajstić information content (AvgIpc) is 2.66. The fraction of sp³-hybridized carbons (Fsp3) is 0.300. The first-order valence-corrected chi connectivity index (χ1v) is 7.92. The molecule has 0 spiro atoms. The smallest absolute Gasteiger partial charge is 0.324 e. The third-order valence-corrected chi connectivity index (χ3v) is 4.91. The molecular weight excluding hydrogens is 304 g/mol. The summed E-state index contributed by atoms with van der Waals surface area (Å²) in [5.41, 5.74) is 1.71. The molecule has 1 aliphatic rings. The molecule has 2 aromatic rings. The van der Waals surface area contributed by atoms with Crippen LogP contribution in [0.15, 0.2) is 54.6 Å². The summed E-state index contributed by atoms with van der Waals surface area (Å²) in [6.45, 7) is 0. The predicted octanol–water partition coefficient (Wildman–Crippen LogP) is 2.90. The summed E-state index contributed by atoms with van der Waals surface area (Å²) in [4.78, 5) is 25.5. The van der Waals surface area contributed by atoms with Crippen molar-refractivity contribution in [3.05, 3.63) is 71.3 Å². The van der Waals surface area contributed by atoms with E-state index in [4.69, 9.17) is 9.47 Å². The lowest BCUT2D eigenvalue weighted by Gasteiger charge is -2.40. The summed E-state index contributed by atoms with van der Waals surface area (Å²) in [7, 11) is 2.63. The van der Waals surface area contributed by atoms with Crippen LogP contribution in [0, 0.1) is 5.41 Å². The van der Waals surface area contributed by atoms with Crippen molar-refractivity contribution < 1.29 is 19.1 Å². The van der Waals surface area contributed by atoms with Crippen molar-refractivity contribution in [3.63, 3.8) is 0 Å². The SMILES string of the molecule is COC(=O)C1(C(=O)OC)Cc2ccccc2CC1c1ccccc1. The second kappa shape index (κ2) is 6.48. The number of rotatable bonds is 3. The Labute approximate surface area is 141 Å². The molecule has 1 aliphatic carbocycles. The van der Waals surface area contributed by atoms with Crippen LogP contribution in [0.2, 0.25) is 0 Å². The number of hydrogen-bond acceptors (Lipinski definition) is 4. The van der Waals surface area contributed by atoms with Crippen LogP contribution in [0.1, 0.15) is 22.6 Å². The Bertz CT molecular complexity index is 735. The number of benzene rings is 2. The van der Waals surface area contributed by atoms with Gasteiger partial charge in [0.25, 0.3) is 0 Å². The Balaban J connectivity index is 2.21. The van der Waals surface area contributed by atoms with Crippen LogP contribution in [0.5, 0.6) is 0 Å². The molecule has 0 saturated carbocycles. The lowest BCUT2D eigenvalue weighted by molar-refractivity contribution is -0.171. The van der Waals surface area contributed by atoms with Gasteiger partial charge in [-0.1, -0.05) is 54.6 Å². The van der Waals surface area contributed by atoms with Gasteiger partial charge in [0, 0.05) is 12.3 Å². The molecule has 0 saturated heterocycles. The topological polar surface area (TPSA) is 52.6 Å². The zero-order valence-corrected chi connectivity index (χ0v) is 13.8. The van der Waals surface area contributed by atoms with E-state index in [-0.39, 0.29) is 12.3 Å². The van der Waals surface area contributed by atoms with E-state index < -0.39 is 17.4 Å². The maximum atomic E-state index is 12.8. The van der Waals surface area contributed by atoms with E-state index in [1.54, 1.807) is 0 Å². The van der Waals surface area contributed by atoms with Crippen molar-refractivity contribution in [1.29, 1.82) is 0 Å². The Hall–Kier alpha value is -2.62. The first-order chi connectivity index (χ1) is 11.6. The number of methoxy groups -OCH3 is 2. The molecule has 0 radical (unpaired) electrons. The molecule has 4 nitrogen and oxygen atoms in total. The standard InChI is InChI=1S/C20H20O4/c1-23-18(21)20(19(22)24-2)13-16-11-7-6-10-15(16)12-17(20)14-8-4-3-5-9-14/h3-11,17H,12-13H2,1-2H3. The van der Waals surface area contributed by atoms with Crippen LogP contribution in [0.25, 0.3) is 0 Å². The second-order valence-electron chi connectivity index (χ2n) is 6.07. The van der Waals surface area contributed by atoms with Gasteiger partial charge in [-0.25, -0.2) is 0 Å². The monoisotopic (exact) mass is 324 g/mol. The molecule has 0 aliphatic heterocycles. The summed E-state index contributed by atoms with van der Waals surface area (Å²) >= 11 is 0. The first kappa shape index (κ1) is 16.2. The number of hydrogen-bond donors (Lipinski definition) is 0. The van der Waals surface area contributed by atoms with Crippen LogP contribution in [-0.4, -0.2) is 26.2 Å². The van der Waals surface area contributed by atoms with E-state index in [9.17, 15) is 9.59 Å². The number of carbonyl (C=O) groups is 2. The van der Waals surface area contributed by atoms with E-state index in [0.29, 0.717) is 6.42 Å². The minimum absolute atomic E-state index is 0.280. The fourth-order valence-corrected chi connectivity index (χ4v) is 3.71. The molecule has 1 atom stereocenters. The van der Waals surface area contributed by atoms with E-state index >= 15 is 0 Å². The van der Waals surface area contributed by atoms with Crippen LogP contribution in [-0.2, 0) is 31.9 Å². The van der Waals surface area contributed by atoms with Crippen LogP contribution >= 0.6 is 0 Å².